The Balaban J connectivity index is 1.47. The number of aryl methyl sites for hydroxylation is 2. The Labute approximate surface area is 156 Å². The molecular weight excluding hydrogens is 352 g/mol. The molecule has 1 aliphatic carbocycles. The highest BCUT2D eigenvalue weighted by Crippen LogP contribution is 2.39. The molecular formula is C18H22N4O3S. The molecule has 0 spiro atoms. The minimum atomic E-state index is -0.225. The lowest BCUT2D eigenvalue weighted by molar-refractivity contribution is -0.131. The highest BCUT2D eigenvalue weighted by atomic mass is 32.2. The number of nitrogens with one attached hydrogen (secondary N) is 1. The molecule has 0 radical (unpaired) electrons. The van der Waals surface area contributed by atoms with E-state index in [0.29, 0.717) is 17.0 Å². The Hall–Kier alpha value is -2.35. The molecule has 1 N–H and O–H groups in total. The van der Waals surface area contributed by atoms with Gasteiger partial charge in [0, 0.05) is 18.7 Å². The molecule has 138 valence electrons. The van der Waals surface area contributed by atoms with E-state index in [2.05, 4.69) is 15.5 Å². The highest BCUT2D eigenvalue weighted by Gasteiger charge is 2.29. The topological polar surface area (TPSA) is 88.3 Å². The van der Waals surface area contributed by atoms with Crippen LogP contribution in [0.4, 0.5) is 5.69 Å². The summed E-state index contributed by atoms with van der Waals surface area (Å²) < 4.78 is 5.51. The first-order valence-electron chi connectivity index (χ1n) is 8.50. The number of aromatic nitrogens is 2. The van der Waals surface area contributed by atoms with Gasteiger partial charge in [0.1, 0.15) is 0 Å². The fraction of sp³-hybridized carbons (Fsp3) is 0.444. The van der Waals surface area contributed by atoms with Gasteiger partial charge in [0.05, 0.1) is 12.3 Å². The maximum atomic E-state index is 12.2. The Morgan fingerprint density at radius 1 is 1.27 bits per heavy atom. The first-order valence-corrected chi connectivity index (χ1v) is 9.49. The summed E-state index contributed by atoms with van der Waals surface area (Å²) in [5, 5.41) is 11.2. The monoisotopic (exact) mass is 374 g/mol. The number of para-hydroxylation sites is 1. The van der Waals surface area contributed by atoms with Crippen LogP contribution in [0.25, 0.3) is 0 Å². The van der Waals surface area contributed by atoms with Crippen molar-refractivity contribution in [3.63, 3.8) is 0 Å². The first kappa shape index (κ1) is 18.4. The number of thioether (sulfide) groups is 1. The molecule has 2 amide bonds. The third-order valence-corrected chi connectivity index (χ3v) is 5.02. The van der Waals surface area contributed by atoms with Gasteiger partial charge in [-0.3, -0.25) is 9.59 Å². The fourth-order valence-corrected chi connectivity index (χ4v) is 3.21. The number of carbonyl (C=O) groups excluding carboxylic acids is 2. The molecule has 2 aromatic rings. The minimum Gasteiger partial charge on any atom is -0.416 e. The maximum Gasteiger partial charge on any atom is 0.277 e. The van der Waals surface area contributed by atoms with Gasteiger partial charge in [-0.1, -0.05) is 30.0 Å². The van der Waals surface area contributed by atoms with Gasteiger partial charge in [-0.15, -0.1) is 10.2 Å². The summed E-state index contributed by atoms with van der Waals surface area (Å²) in [5.41, 5.74) is 2.78. The van der Waals surface area contributed by atoms with E-state index in [-0.39, 0.29) is 24.1 Å². The summed E-state index contributed by atoms with van der Waals surface area (Å²) in [6.45, 7) is 3.87. The van der Waals surface area contributed by atoms with Crippen LogP contribution in [0.3, 0.4) is 0 Å². The van der Waals surface area contributed by atoms with Crippen molar-refractivity contribution in [1.29, 1.82) is 0 Å². The van der Waals surface area contributed by atoms with Gasteiger partial charge < -0.3 is 14.6 Å². The molecule has 1 aromatic heterocycles. The van der Waals surface area contributed by atoms with Crippen LogP contribution in [0.1, 0.15) is 35.8 Å². The lowest BCUT2D eigenvalue weighted by Crippen LogP contribution is -2.36. The van der Waals surface area contributed by atoms with E-state index in [1.165, 1.54) is 16.7 Å². The quantitative estimate of drug-likeness (QED) is 0.750. The van der Waals surface area contributed by atoms with Crippen LogP contribution in [0.15, 0.2) is 27.8 Å². The van der Waals surface area contributed by atoms with Gasteiger partial charge in [-0.2, -0.15) is 0 Å². The minimum absolute atomic E-state index is 0.00960. The number of hydrogen-bond donors (Lipinski definition) is 1. The Morgan fingerprint density at radius 2 is 1.96 bits per heavy atom. The van der Waals surface area contributed by atoms with Gasteiger partial charge >= 0.3 is 0 Å². The number of benzene rings is 1. The van der Waals surface area contributed by atoms with Crippen molar-refractivity contribution in [2.75, 3.05) is 24.7 Å². The molecule has 1 aliphatic rings. The summed E-state index contributed by atoms with van der Waals surface area (Å²) in [5.74, 6) is 0.805. The Bertz CT molecular complexity index is 796. The molecule has 0 aliphatic heterocycles. The Morgan fingerprint density at radius 3 is 2.62 bits per heavy atom. The van der Waals surface area contributed by atoms with Crippen molar-refractivity contribution < 1.29 is 14.0 Å². The van der Waals surface area contributed by atoms with Gasteiger partial charge in [0.25, 0.3) is 5.22 Å². The van der Waals surface area contributed by atoms with Crippen LogP contribution >= 0.6 is 11.8 Å². The molecule has 1 heterocycles. The number of likely N-dealkylation sites (N-methyl/N-ethyl adjacent to an activating group) is 1. The zero-order valence-corrected chi connectivity index (χ0v) is 15.9. The molecule has 0 bridgehead atoms. The second kappa shape index (κ2) is 7.90. The SMILES string of the molecule is Cc1cccc(C)c1NC(=O)CN(C)C(=O)CSc1nnc(C2CC2)o1. The number of carbonyl (C=O) groups is 2. The number of amides is 2. The molecule has 1 fully saturated rings. The van der Waals surface area contributed by atoms with Gasteiger partial charge in [0.2, 0.25) is 17.7 Å². The smallest absolute Gasteiger partial charge is 0.277 e. The normalized spacial score (nSPS) is 13.5. The van der Waals surface area contributed by atoms with Gasteiger partial charge in [0.15, 0.2) is 0 Å². The van der Waals surface area contributed by atoms with Crippen molar-refractivity contribution >= 4 is 29.3 Å². The van der Waals surface area contributed by atoms with E-state index in [0.717, 1.165) is 29.7 Å². The number of hydrogen-bond acceptors (Lipinski definition) is 6. The van der Waals surface area contributed by atoms with Crippen LogP contribution in [-0.2, 0) is 9.59 Å². The molecule has 7 nitrogen and oxygen atoms in total. The maximum absolute atomic E-state index is 12.2. The van der Waals surface area contributed by atoms with Crippen molar-refractivity contribution in [3.05, 3.63) is 35.2 Å². The zero-order chi connectivity index (χ0) is 18.7. The second-order valence-electron chi connectivity index (χ2n) is 6.53. The summed E-state index contributed by atoms with van der Waals surface area (Å²) >= 11 is 1.20. The van der Waals surface area contributed by atoms with Crippen LogP contribution in [0, 0.1) is 13.8 Å². The number of nitrogens with zero attached hydrogens (tertiary/aromatic N) is 3. The van der Waals surface area contributed by atoms with Crippen molar-refractivity contribution in [2.45, 2.75) is 37.8 Å². The predicted octanol–water partition coefficient (Wildman–Crippen LogP) is 2.75. The van der Waals surface area contributed by atoms with Crippen molar-refractivity contribution in [3.8, 4) is 0 Å². The van der Waals surface area contributed by atoms with Crippen LogP contribution < -0.4 is 5.32 Å². The molecule has 0 atom stereocenters. The largest absolute Gasteiger partial charge is 0.416 e. The fourth-order valence-electron chi connectivity index (χ4n) is 2.50. The predicted molar refractivity (Wildman–Crippen MR) is 99.2 cm³/mol. The molecule has 3 rings (SSSR count). The second-order valence-corrected chi connectivity index (χ2v) is 7.46. The van der Waals surface area contributed by atoms with Crippen LogP contribution in [-0.4, -0.2) is 46.3 Å². The van der Waals surface area contributed by atoms with Gasteiger partial charge in [-0.25, -0.2) is 0 Å². The number of rotatable bonds is 7. The average molecular weight is 374 g/mol. The summed E-state index contributed by atoms with van der Waals surface area (Å²) in [7, 11) is 1.61. The third-order valence-electron chi connectivity index (χ3n) is 4.22. The molecule has 1 saturated carbocycles. The third kappa shape index (κ3) is 4.63. The van der Waals surface area contributed by atoms with E-state index in [1.807, 2.05) is 32.0 Å². The molecule has 0 unspecified atom stereocenters. The van der Waals surface area contributed by atoms with Crippen LogP contribution in [0.5, 0.6) is 0 Å². The average Bonchev–Trinajstić information content (AvgIpc) is 3.34. The highest BCUT2D eigenvalue weighted by molar-refractivity contribution is 7.99. The summed E-state index contributed by atoms with van der Waals surface area (Å²) in [6.07, 6.45) is 2.17. The molecule has 0 saturated heterocycles. The lowest BCUT2D eigenvalue weighted by atomic mass is 10.1. The van der Waals surface area contributed by atoms with Crippen molar-refractivity contribution in [1.82, 2.24) is 15.1 Å². The van der Waals surface area contributed by atoms with E-state index in [1.54, 1.807) is 7.05 Å². The first-order chi connectivity index (χ1) is 12.4. The number of anilines is 1. The molecule has 1 aromatic carbocycles. The summed E-state index contributed by atoms with van der Waals surface area (Å²) in [6, 6.07) is 5.82. The summed E-state index contributed by atoms with van der Waals surface area (Å²) in [4.78, 5) is 25.9. The standard InChI is InChI=1S/C18H22N4O3S/c1-11-5-4-6-12(2)16(11)19-14(23)9-22(3)15(24)10-26-18-21-20-17(25-18)13-7-8-13/h4-6,13H,7-10H2,1-3H3,(H,19,23). The zero-order valence-electron chi connectivity index (χ0n) is 15.1. The van der Waals surface area contributed by atoms with E-state index in [9.17, 15) is 9.59 Å². The van der Waals surface area contributed by atoms with Crippen molar-refractivity contribution in [2.24, 2.45) is 0 Å². The lowest BCUT2D eigenvalue weighted by Gasteiger charge is -2.17. The molecule has 8 heteroatoms. The van der Waals surface area contributed by atoms with E-state index in [4.69, 9.17) is 4.42 Å². The van der Waals surface area contributed by atoms with E-state index < -0.39 is 0 Å². The Kier molecular flexibility index (Phi) is 5.61. The van der Waals surface area contributed by atoms with E-state index >= 15 is 0 Å². The molecule has 26 heavy (non-hydrogen) atoms. The van der Waals surface area contributed by atoms with Crippen LogP contribution in [0.2, 0.25) is 0 Å². The van der Waals surface area contributed by atoms with Gasteiger partial charge in [-0.05, 0) is 37.8 Å².